The van der Waals surface area contributed by atoms with Crippen LogP contribution in [0.3, 0.4) is 0 Å². The average molecular weight is 309 g/mol. The quantitative estimate of drug-likeness (QED) is 0.926. The molecule has 0 saturated carbocycles. The van der Waals surface area contributed by atoms with Crippen LogP contribution in [0.15, 0.2) is 5.38 Å². The third-order valence-corrected chi connectivity index (χ3v) is 5.29. The molecule has 7 heteroatoms. The van der Waals surface area contributed by atoms with Crippen LogP contribution in [-0.4, -0.2) is 51.0 Å². The molecular formula is C14H19N3O3S. The summed E-state index contributed by atoms with van der Waals surface area (Å²) >= 11 is 1.57. The number of amides is 2. The first-order valence-corrected chi connectivity index (χ1v) is 8.02. The van der Waals surface area contributed by atoms with E-state index < -0.39 is 11.9 Å². The first kappa shape index (κ1) is 14.3. The number of hydrogen-bond acceptors (Lipinski definition) is 4. The fourth-order valence-corrected chi connectivity index (χ4v) is 4.14. The van der Waals surface area contributed by atoms with Gasteiger partial charge in [-0.15, -0.1) is 11.3 Å². The van der Waals surface area contributed by atoms with Gasteiger partial charge in [-0.3, -0.25) is 4.79 Å². The van der Waals surface area contributed by atoms with E-state index in [-0.39, 0.29) is 18.1 Å². The molecule has 2 fully saturated rings. The number of aromatic nitrogens is 1. The lowest BCUT2D eigenvalue weighted by Gasteiger charge is -2.28. The van der Waals surface area contributed by atoms with E-state index in [0.717, 1.165) is 23.5 Å². The molecule has 2 aliphatic heterocycles. The molecule has 0 aromatic carbocycles. The number of nitrogens with zero attached hydrogens (tertiary/aromatic N) is 3. The lowest BCUT2D eigenvalue weighted by Crippen LogP contribution is -2.44. The first-order chi connectivity index (χ1) is 9.97. The molecule has 3 unspecified atom stereocenters. The third kappa shape index (κ3) is 2.50. The number of aliphatic carboxylic acids is 1. The van der Waals surface area contributed by atoms with Crippen molar-refractivity contribution in [3.63, 3.8) is 0 Å². The molecule has 0 radical (unpaired) electrons. The Labute approximate surface area is 127 Å². The topological polar surface area (TPSA) is 73.7 Å². The highest BCUT2D eigenvalue weighted by atomic mass is 32.1. The zero-order chi connectivity index (χ0) is 15.1. The number of rotatable bonds is 3. The van der Waals surface area contributed by atoms with Crippen LogP contribution in [0.5, 0.6) is 0 Å². The van der Waals surface area contributed by atoms with Gasteiger partial charge in [0.25, 0.3) is 0 Å². The lowest BCUT2D eigenvalue weighted by molar-refractivity contribution is -0.142. The minimum atomic E-state index is -0.780. The van der Waals surface area contributed by atoms with Gasteiger partial charge in [-0.05, 0) is 26.2 Å². The molecule has 0 aliphatic carbocycles. The fraction of sp³-hybridized carbons (Fsp3) is 0.643. The second-order valence-electron chi connectivity index (χ2n) is 5.88. The molecule has 2 aliphatic rings. The van der Waals surface area contributed by atoms with Crippen LogP contribution in [0.4, 0.5) is 4.79 Å². The van der Waals surface area contributed by atoms with Crippen molar-refractivity contribution in [2.45, 2.75) is 44.8 Å². The summed E-state index contributed by atoms with van der Waals surface area (Å²) in [6.07, 6.45) is 2.32. The lowest BCUT2D eigenvalue weighted by atomic mass is 9.89. The Morgan fingerprint density at radius 1 is 1.52 bits per heavy atom. The Kier molecular flexibility index (Phi) is 3.61. The summed E-state index contributed by atoms with van der Waals surface area (Å²) in [5.41, 5.74) is 0.884. The Morgan fingerprint density at radius 3 is 2.86 bits per heavy atom. The van der Waals surface area contributed by atoms with Crippen LogP contribution in [-0.2, 0) is 11.3 Å². The summed E-state index contributed by atoms with van der Waals surface area (Å²) in [4.78, 5) is 31.7. The minimum Gasteiger partial charge on any atom is -0.481 e. The van der Waals surface area contributed by atoms with Crippen molar-refractivity contribution in [1.82, 2.24) is 14.8 Å². The number of carboxylic acid groups (broad SMARTS) is 1. The van der Waals surface area contributed by atoms with Crippen LogP contribution in [0.25, 0.3) is 0 Å². The van der Waals surface area contributed by atoms with Crippen molar-refractivity contribution in [2.75, 3.05) is 7.05 Å². The predicted octanol–water partition coefficient (Wildman–Crippen LogP) is 1.94. The Balaban J connectivity index is 1.69. The van der Waals surface area contributed by atoms with Gasteiger partial charge in [0, 0.05) is 24.5 Å². The molecule has 2 amide bonds. The van der Waals surface area contributed by atoms with Crippen molar-refractivity contribution in [3.05, 3.63) is 16.1 Å². The van der Waals surface area contributed by atoms with Crippen molar-refractivity contribution < 1.29 is 14.7 Å². The van der Waals surface area contributed by atoms with Crippen molar-refractivity contribution in [1.29, 1.82) is 0 Å². The largest absolute Gasteiger partial charge is 0.481 e. The predicted molar refractivity (Wildman–Crippen MR) is 78.1 cm³/mol. The molecule has 1 aromatic heterocycles. The summed E-state index contributed by atoms with van der Waals surface area (Å²) in [7, 11) is 1.75. The normalized spacial score (nSPS) is 27.1. The Bertz CT molecular complexity index is 574. The Hall–Kier alpha value is -1.63. The van der Waals surface area contributed by atoms with Crippen LogP contribution < -0.4 is 0 Å². The van der Waals surface area contributed by atoms with E-state index >= 15 is 0 Å². The summed E-state index contributed by atoms with van der Waals surface area (Å²) in [5.74, 6) is -1.18. The molecule has 21 heavy (non-hydrogen) atoms. The first-order valence-electron chi connectivity index (χ1n) is 7.14. The van der Waals surface area contributed by atoms with Crippen molar-refractivity contribution in [3.8, 4) is 0 Å². The smallest absolute Gasteiger partial charge is 0.320 e. The number of carbonyl (C=O) groups excluding carboxylic acids is 1. The van der Waals surface area contributed by atoms with E-state index in [1.165, 1.54) is 0 Å². The van der Waals surface area contributed by atoms with Gasteiger partial charge in [0.1, 0.15) is 0 Å². The number of aryl methyl sites for hydroxylation is 1. The summed E-state index contributed by atoms with van der Waals surface area (Å²) in [5, 5.41) is 12.2. The van der Waals surface area contributed by atoms with Crippen LogP contribution >= 0.6 is 11.3 Å². The maximum Gasteiger partial charge on any atom is 0.320 e. The zero-order valence-electron chi connectivity index (χ0n) is 12.2. The number of carbonyl (C=O) groups is 2. The van der Waals surface area contributed by atoms with E-state index in [9.17, 15) is 14.7 Å². The van der Waals surface area contributed by atoms with Gasteiger partial charge < -0.3 is 14.9 Å². The van der Waals surface area contributed by atoms with E-state index in [2.05, 4.69) is 4.98 Å². The van der Waals surface area contributed by atoms with Gasteiger partial charge in [0.15, 0.2) is 0 Å². The van der Waals surface area contributed by atoms with Gasteiger partial charge in [0.05, 0.1) is 23.2 Å². The van der Waals surface area contributed by atoms with Crippen molar-refractivity contribution >= 4 is 23.3 Å². The highest BCUT2D eigenvalue weighted by Crippen LogP contribution is 2.42. The number of hydrogen-bond donors (Lipinski definition) is 1. The number of urea groups is 1. The molecule has 1 aromatic rings. The molecule has 3 heterocycles. The van der Waals surface area contributed by atoms with Gasteiger partial charge >= 0.3 is 12.0 Å². The van der Waals surface area contributed by atoms with Crippen LogP contribution in [0, 0.1) is 12.8 Å². The summed E-state index contributed by atoms with van der Waals surface area (Å²) < 4.78 is 0. The van der Waals surface area contributed by atoms with Crippen LogP contribution in [0.1, 0.15) is 30.0 Å². The van der Waals surface area contributed by atoms with Gasteiger partial charge in [-0.1, -0.05) is 0 Å². The second kappa shape index (κ2) is 5.29. The molecule has 0 spiro atoms. The molecule has 2 saturated heterocycles. The number of thiazole rings is 1. The van der Waals surface area contributed by atoms with E-state index in [0.29, 0.717) is 13.0 Å². The highest BCUT2D eigenvalue weighted by Gasteiger charge is 2.51. The Morgan fingerprint density at radius 2 is 2.29 bits per heavy atom. The van der Waals surface area contributed by atoms with E-state index in [4.69, 9.17) is 0 Å². The molecule has 3 atom stereocenters. The highest BCUT2D eigenvalue weighted by molar-refractivity contribution is 7.09. The molecule has 6 nitrogen and oxygen atoms in total. The van der Waals surface area contributed by atoms with Gasteiger partial charge in [0.2, 0.25) is 0 Å². The zero-order valence-corrected chi connectivity index (χ0v) is 13.0. The molecule has 3 rings (SSSR count). The molecule has 1 N–H and O–H groups in total. The minimum absolute atomic E-state index is 0.0723. The third-order valence-electron chi connectivity index (χ3n) is 4.47. The second-order valence-corrected chi connectivity index (χ2v) is 6.94. The molecule has 2 bridgehead atoms. The van der Waals surface area contributed by atoms with Gasteiger partial charge in [-0.2, -0.15) is 0 Å². The van der Waals surface area contributed by atoms with E-state index in [1.807, 2.05) is 12.3 Å². The maximum atomic E-state index is 12.6. The van der Waals surface area contributed by atoms with Gasteiger partial charge in [-0.25, -0.2) is 9.78 Å². The molecule has 114 valence electrons. The SMILES string of the molecule is Cc1nc(CN(C)C(=O)N2C3CCC2C(C(=O)O)C3)cs1. The summed E-state index contributed by atoms with van der Waals surface area (Å²) in [6, 6.07) is -0.125. The number of carboxylic acids is 1. The van der Waals surface area contributed by atoms with Crippen LogP contribution in [0.2, 0.25) is 0 Å². The fourth-order valence-electron chi connectivity index (χ4n) is 3.54. The average Bonchev–Trinajstić information content (AvgIpc) is 3.12. The monoisotopic (exact) mass is 309 g/mol. The van der Waals surface area contributed by atoms with Crippen molar-refractivity contribution in [2.24, 2.45) is 5.92 Å². The maximum absolute atomic E-state index is 12.6. The van der Waals surface area contributed by atoms with E-state index in [1.54, 1.807) is 28.2 Å². The number of fused-ring (bicyclic) bond motifs is 2. The summed E-state index contributed by atoms with van der Waals surface area (Å²) in [6.45, 7) is 2.41. The standard InChI is InChI=1S/C14H19N3O3S/c1-8-15-9(7-21-8)6-16(2)14(20)17-10-3-4-12(17)11(5-10)13(18)19/h7,10-12H,3-6H2,1-2H3,(H,18,19). The molecular weight excluding hydrogens is 290 g/mol.